The maximum absolute atomic E-state index is 13.6. The van der Waals surface area contributed by atoms with Crippen LogP contribution in [-0.2, 0) is 0 Å². The molecule has 0 bridgehead atoms. The van der Waals surface area contributed by atoms with Gasteiger partial charge < -0.3 is 16.2 Å². The van der Waals surface area contributed by atoms with Crippen LogP contribution in [0.25, 0.3) is 0 Å². The van der Waals surface area contributed by atoms with Crippen molar-refractivity contribution in [3.63, 3.8) is 0 Å². The predicted octanol–water partition coefficient (Wildman–Crippen LogP) is 3.12. The Morgan fingerprint density at radius 1 is 1.14 bits per heavy atom. The van der Waals surface area contributed by atoms with E-state index in [0.29, 0.717) is 10.2 Å². The van der Waals surface area contributed by atoms with E-state index in [2.05, 4.69) is 21.2 Å². The molecule has 0 fully saturated rings. The number of nitrogens with one attached hydrogen (secondary N) is 1. The summed E-state index contributed by atoms with van der Waals surface area (Å²) in [5.41, 5.74) is 5.88. The van der Waals surface area contributed by atoms with Gasteiger partial charge in [0.2, 0.25) is 0 Å². The maximum Gasteiger partial charge on any atom is 0.335 e. The number of hydrogen-bond acceptors (Lipinski definition) is 3. The molecular formula is C14H10BrFN2O3. The third-order valence-corrected chi connectivity index (χ3v) is 3.10. The van der Waals surface area contributed by atoms with Gasteiger partial charge in [0.05, 0.1) is 11.3 Å². The molecule has 0 saturated heterocycles. The van der Waals surface area contributed by atoms with Crippen molar-refractivity contribution in [2.24, 2.45) is 0 Å². The molecule has 1 amide bonds. The molecule has 0 aromatic heterocycles. The van der Waals surface area contributed by atoms with E-state index >= 15 is 0 Å². The first-order valence-electron chi connectivity index (χ1n) is 5.77. The summed E-state index contributed by atoms with van der Waals surface area (Å²) in [6.45, 7) is 0. The molecule has 7 heteroatoms. The zero-order valence-electron chi connectivity index (χ0n) is 10.6. The minimum atomic E-state index is -1.21. The van der Waals surface area contributed by atoms with Crippen molar-refractivity contribution in [3.05, 3.63) is 57.8 Å². The second kappa shape index (κ2) is 5.92. The van der Waals surface area contributed by atoms with Crippen LogP contribution in [0.15, 0.2) is 40.9 Å². The topological polar surface area (TPSA) is 92.4 Å². The van der Waals surface area contributed by atoms with Gasteiger partial charge in [-0.3, -0.25) is 4.79 Å². The number of carboxylic acids is 1. The second-order valence-electron chi connectivity index (χ2n) is 4.23. The molecule has 4 N–H and O–H groups in total. The lowest BCUT2D eigenvalue weighted by Gasteiger charge is -2.08. The van der Waals surface area contributed by atoms with Gasteiger partial charge in [-0.1, -0.05) is 15.9 Å². The van der Waals surface area contributed by atoms with Crippen LogP contribution >= 0.6 is 15.9 Å². The van der Waals surface area contributed by atoms with E-state index in [1.165, 1.54) is 12.1 Å². The lowest BCUT2D eigenvalue weighted by Crippen LogP contribution is -2.14. The number of hydrogen-bond donors (Lipinski definition) is 3. The molecule has 0 spiro atoms. The van der Waals surface area contributed by atoms with Crippen LogP contribution in [-0.4, -0.2) is 17.0 Å². The predicted molar refractivity (Wildman–Crippen MR) is 79.9 cm³/mol. The highest BCUT2D eigenvalue weighted by molar-refractivity contribution is 9.10. The number of aromatic carboxylic acids is 1. The lowest BCUT2D eigenvalue weighted by atomic mass is 10.1. The third kappa shape index (κ3) is 3.57. The van der Waals surface area contributed by atoms with Crippen molar-refractivity contribution in [2.75, 3.05) is 11.1 Å². The van der Waals surface area contributed by atoms with E-state index in [-0.39, 0.29) is 16.8 Å². The van der Waals surface area contributed by atoms with Crippen LogP contribution in [0, 0.1) is 5.82 Å². The van der Waals surface area contributed by atoms with E-state index in [1.807, 2.05) is 0 Å². The van der Waals surface area contributed by atoms with Crippen LogP contribution in [0.3, 0.4) is 0 Å². The fourth-order valence-electron chi connectivity index (χ4n) is 1.69. The van der Waals surface area contributed by atoms with Gasteiger partial charge in [0.1, 0.15) is 5.82 Å². The molecule has 0 saturated carbocycles. The van der Waals surface area contributed by atoms with Crippen LogP contribution in [0.5, 0.6) is 0 Å². The fraction of sp³-hybridized carbons (Fsp3) is 0. The van der Waals surface area contributed by atoms with Gasteiger partial charge in [-0.05, 0) is 36.4 Å². The molecule has 0 aliphatic heterocycles. The molecule has 21 heavy (non-hydrogen) atoms. The number of rotatable bonds is 3. The summed E-state index contributed by atoms with van der Waals surface area (Å²) in [5.74, 6) is -2.53. The maximum atomic E-state index is 13.6. The van der Waals surface area contributed by atoms with Gasteiger partial charge in [-0.15, -0.1) is 0 Å². The number of carbonyl (C=O) groups excluding carboxylic acids is 1. The molecule has 0 aliphatic carbocycles. The van der Waals surface area contributed by atoms with Gasteiger partial charge in [-0.25, -0.2) is 9.18 Å². The molecule has 0 unspecified atom stereocenters. The van der Waals surface area contributed by atoms with E-state index in [0.717, 1.165) is 18.2 Å². The number of carbonyl (C=O) groups is 2. The summed E-state index contributed by atoms with van der Waals surface area (Å²) in [7, 11) is 0. The van der Waals surface area contributed by atoms with E-state index in [1.54, 1.807) is 6.07 Å². The molecule has 0 atom stereocenters. The molecule has 0 heterocycles. The highest BCUT2D eigenvalue weighted by atomic mass is 79.9. The van der Waals surface area contributed by atoms with Crippen molar-refractivity contribution in [2.45, 2.75) is 0 Å². The highest BCUT2D eigenvalue weighted by Crippen LogP contribution is 2.20. The Labute approximate surface area is 127 Å². The van der Waals surface area contributed by atoms with Crippen LogP contribution in [0.1, 0.15) is 20.7 Å². The van der Waals surface area contributed by atoms with E-state index in [4.69, 9.17) is 10.8 Å². The summed E-state index contributed by atoms with van der Waals surface area (Å²) >= 11 is 3.20. The van der Waals surface area contributed by atoms with Gasteiger partial charge in [-0.2, -0.15) is 0 Å². The van der Waals surface area contributed by atoms with Crippen molar-refractivity contribution >= 4 is 39.2 Å². The Kier molecular flexibility index (Phi) is 4.23. The van der Waals surface area contributed by atoms with Gasteiger partial charge in [0.15, 0.2) is 0 Å². The molecule has 2 aromatic carbocycles. The zero-order chi connectivity index (χ0) is 15.6. The quantitative estimate of drug-likeness (QED) is 0.740. The van der Waals surface area contributed by atoms with Crippen molar-refractivity contribution in [1.29, 1.82) is 0 Å². The minimum Gasteiger partial charge on any atom is -0.478 e. The first-order chi connectivity index (χ1) is 9.86. The first kappa shape index (κ1) is 15.0. The molecule has 0 aliphatic rings. The molecule has 2 aromatic rings. The Bertz CT molecular complexity index is 714. The van der Waals surface area contributed by atoms with E-state index in [9.17, 15) is 14.0 Å². The number of carboxylic acid groups (broad SMARTS) is 1. The number of halogens is 2. The fourth-order valence-corrected chi connectivity index (χ4v) is 2.20. The summed E-state index contributed by atoms with van der Waals surface area (Å²) in [4.78, 5) is 22.9. The number of amides is 1. The number of nitrogen functional groups attached to an aromatic ring is 1. The summed E-state index contributed by atoms with van der Waals surface area (Å²) in [6.07, 6.45) is 0. The summed E-state index contributed by atoms with van der Waals surface area (Å²) in [5, 5.41) is 11.2. The summed E-state index contributed by atoms with van der Waals surface area (Å²) < 4.78 is 14.2. The second-order valence-corrected chi connectivity index (χ2v) is 5.14. The molecule has 5 nitrogen and oxygen atoms in total. The third-order valence-electron chi connectivity index (χ3n) is 2.64. The number of nitrogens with two attached hydrogens (primary N) is 1. The normalized spacial score (nSPS) is 10.2. The Hall–Kier alpha value is -2.41. The Balaban J connectivity index is 2.31. The average Bonchev–Trinajstić information content (AvgIpc) is 2.39. The average molecular weight is 353 g/mol. The largest absolute Gasteiger partial charge is 0.478 e. The lowest BCUT2D eigenvalue weighted by molar-refractivity contribution is 0.0696. The Morgan fingerprint density at radius 2 is 1.86 bits per heavy atom. The first-order valence-corrected chi connectivity index (χ1v) is 6.56. The van der Waals surface area contributed by atoms with Crippen molar-refractivity contribution < 1.29 is 19.1 Å². The Morgan fingerprint density at radius 3 is 2.48 bits per heavy atom. The van der Waals surface area contributed by atoms with Crippen LogP contribution in [0.2, 0.25) is 0 Å². The van der Waals surface area contributed by atoms with Crippen molar-refractivity contribution in [1.82, 2.24) is 0 Å². The molecule has 0 radical (unpaired) electrons. The van der Waals surface area contributed by atoms with Crippen molar-refractivity contribution in [3.8, 4) is 0 Å². The van der Waals surface area contributed by atoms with Crippen LogP contribution in [0.4, 0.5) is 15.8 Å². The number of anilines is 2. The minimum absolute atomic E-state index is 0.125. The van der Waals surface area contributed by atoms with Gasteiger partial charge >= 0.3 is 5.97 Å². The van der Waals surface area contributed by atoms with E-state index < -0.39 is 17.7 Å². The SMILES string of the molecule is Nc1cc(Br)cc(C(=O)Nc2cc(C(=O)O)ccc2F)c1. The highest BCUT2D eigenvalue weighted by Gasteiger charge is 2.13. The smallest absolute Gasteiger partial charge is 0.335 e. The molecule has 108 valence electrons. The standard InChI is InChI=1S/C14H10BrFN2O3/c15-9-3-8(4-10(17)6-9)13(19)18-12-5-7(14(20)21)1-2-11(12)16/h1-6H,17H2,(H,18,19)(H,20,21). The zero-order valence-corrected chi connectivity index (χ0v) is 12.1. The molecular weight excluding hydrogens is 343 g/mol. The molecule has 2 rings (SSSR count). The summed E-state index contributed by atoms with van der Waals surface area (Å²) in [6, 6.07) is 7.71. The number of benzene rings is 2. The van der Waals surface area contributed by atoms with Gasteiger partial charge in [0.25, 0.3) is 5.91 Å². The monoisotopic (exact) mass is 352 g/mol. The van der Waals surface area contributed by atoms with Gasteiger partial charge in [0, 0.05) is 15.7 Å². The van der Waals surface area contributed by atoms with Crippen LogP contribution < -0.4 is 11.1 Å².